The summed E-state index contributed by atoms with van der Waals surface area (Å²) in [4.78, 5) is 56.6. The molecule has 48 heavy (non-hydrogen) atoms. The minimum Gasteiger partial charge on any atom is -0.497 e. The van der Waals surface area contributed by atoms with Crippen molar-refractivity contribution in [2.45, 2.75) is 22.9 Å². The molecule has 10 nitrogen and oxygen atoms in total. The first kappa shape index (κ1) is 33.7. The third-order valence-electron chi connectivity index (χ3n) is 7.25. The van der Waals surface area contributed by atoms with Crippen LogP contribution in [0.15, 0.2) is 83.9 Å². The number of para-hydroxylation sites is 1. The fourth-order valence-corrected chi connectivity index (χ4v) is 5.99. The van der Waals surface area contributed by atoms with Crippen LogP contribution in [0.4, 0.5) is 18.9 Å². The summed E-state index contributed by atoms with van der Waals surface area (Å²) in [5.41, 5.74) is -1.40. The summed E-state index contributed by atoms with van der Waals surface area (Å²) < 4.78 is 57.6. The number of halogens is 3. The number of carbonyl (C=O) groups excluding carboxylic acids is 4. The Morgan fingerprint density at radius 3 is 2.31 bits per heavy atom. The number of hydrogen-bond donors (Lipinski definition) is 0. The Hall–Kier alpha value is -5.68. The van der Waals surface area contributed by atoms with E-state index in [1.807, 2.05) is 0 Å². The Morgan fingerprint density at radius 2 is 1.69 bits per heavy atom. The summed E-state index contributed by atoms with van der Waals surface area (Å²) in [6.45, 7) is -0.558. The summed E-state index contributed by atoms with van der Waals surface area (Å²) in [7, 11) is 2.84. The van der Waals surface area contributed by atoms with E-state index in [-0.39, 0.29) is 34.0 Å². The number of ether oxygens (including phenoxy) is 3. The van der Waals surface area contributed by atoms with E-state index in [1.54, 1.807) is 36.4 Å². The average Bonchev–Trinajstić information content (AvgIpc) is 3.37. The molecular formula is C34H24F3N3O7S. The lowest BCUT2D eigenvalue weighted by Crippen LogP contribution is -2.31. The first-order valence-corrected chi connectivity index (χ1v) is 15.0. The number of thioether (sulfide) groups is 1. The van der Waals surface area contributed by atoms with Gasteiger partial charge in [-0.15, -0.1) is 0 Å². The van der Waals surface area contributed by atoms with Gasteiger partial charge in [-0.25, -0.2) is 14.7 Å². The third-order valence-corrected chi connectivity index (χ3v) is 8.42. The molecule has 0 radical (unpaired) electrons. The lowest BCUT2D eigenvalue weighted by Gasteiger charge is -2.17. The number of benzene rings is 3. The number of alkyl halides is 3. The van der Waals surface area contributed by atoms with Gasteiger partial charge in [0.25, 0.3) is 0 Å². The Morgan fingerprint density at radius 1 is 1.00 bits per heavy atom. The summed E-state index contributed by atoms with van der Waals surface area (Å²) in [6.07, 6.45) is -5.28. The van der Waals surface area contributed by atoms with Crippen molar-refractivity contribution in [1.82, 2.24) is 4.98 Å². The number of pyridine rings is 1. The highest BCUT2D eigenvalue weighted by atomic mass is 32.2. The quantitative estimate of drug-likeness (QED) is 0.110. The molecule has 14 heteroatoms. The maximum absolute atomic E-state index is 14.1. The monoisotopic (exact) mass is 675 g/mol. The average molecular weight is 676 g/mol. The summed E-state index contributed by atoms with van der Waals surface area (Å²) >= 11 is 0.592. The lowest BCUT2D eigenvalue weighted by molar-refractivity contribution is -0.138. The number of nitrogens with zero attached hydrogens (tertiary/aromatic N) is 3. The highest BCUT2D eigenvalue weighted by Crippen LogP contribution is 2.41. The molecule has 0 spiro atoms. The third kappa shape index (κ3) is 7.01. The van der Waals surface area contributed by atoms with Gasteiger partial charge in [0.2, 0.25) is 17.6 Å². The van der Waals surface area contributed by atoms with Crippen LogP contribution in [-0.4, -0.2) is 54.6 Å². The highest BCUT2D eigenvalue weighted by molar-refractivity contribution is 8.00. The van der Waals surface area contributed by atoms with Crippen molar-refractivity contribution in [3.05, 3.63) is 101 Å². The first-order chi connectivity index (χ1) is 22.9. The number of aromatic nitrogens is 1. The molecule has 244 valence electrons. The topological polar surface area (TPSA) is 136 Å². The van der Waals surface area contributed by atoms with Crippen LogP contribution in [0.3, 0.4) is 0 Å². The molecule has 1 fully saturated rings. The van der Waals surface area contributed by atoms with E-state index >= 15 is 0 Å². The second-order valence-electron chi connectivity index (χ2n) is 10.2. The second kappa shape index (κ2) is 14.0. The van der Waals surface area contributed by atoms with Crippen molar-refractivity contribution in [3.63, 3.8) is 0 Å². The van der Waals surface area contributed by atoms with Crippen LogP contribution in [0.1, 0.15) is 38.3 Å². The van der Waals surface area contributed by atoms with E-state index in [9.17, 15) is 37.6 Å². The molecule has 0 saturated carbocycles. The van der Waals surface area contributed by atoms with Crippen LogP contribution in [0, 0.1) is 11.3 Å². The van der Waals surface area contributed by atoms with Crippen molar-refractivity contribution < 1.29 is 46.6 Å². The van der Waals surface area contributed by atoms with Crippen LogP contribution < -0.4 is 14.4 Å². The molecule has 1 aromatic heterocycles. The van der Waals surface area contributed by atoms with Crippen molar-refractivity contribution in [2.24, 2.45) is 0 Å². The molecule has 0 N–H and O–H groups in total. The number of ketones is 1. The number of carbonyl (C=O) groups is 4. The zero-order valence-corrected chi connectivity index (χ0v) is 26.1. The molecule has 5 rings (SSSR count). The number of rotatable bonds is 10. The van der Waals surface area contributed by atoms with E-state index in [4.69, 9.17) is 14.2 Å². The number of Topliss-reactive ketones (excluding diaryl/α,β-unsaturated/α-hetero) is 1. The van der Waals surface area contributed by atoms with Gasteiger partial charge in [0.1, 0.15) is 22.6 Å². The predicted octanol–water partition coefficient (Wildman–Crippen LogP) is 6.12. The van der Waals surface area contributed by atoms with Gasteiger partial charge in [0.15, 0.2) is 6.61 Å². The number of esters is 1. The lowest BCUT2D eigenvalue weighted by atomic mass is 10.1. The molecule has 1 atom stereocenters. The Labute approximate surface area is 276 Å². The van der Waals surface area contributed by atoms with E-state index in [2.05, 4.69) is 4.98 Å². The highest BCUT2D eigenvalue weighted by Gasteiger charge is 2.42. The van der Waals surface area contributed by atoms with Crippen LogP contribution in [0.25, 0.3) is 11.3 Å². The maximum atomic E-state index is 14.1. The minimum absolute atomic E-state index is 0.0366. The van der Waals surface area contributed by atoms with E-state index in [0.717, 1.165) is 11.0 Å². The number of imide groups is 1. The van der Waals surface area contributed by atoms with Gasteiger partial charge in [0, 0.05) is 12.0 Å². The van der Waals surface area contributed by atoms with Crippen LogP contribution in [-0.2, 0) is 20.5 Å². The van der Waals surface area contributed by atoms with Crippen molar-refractivity contribution in [3.8, 4) is 28.8 Å². The normalized spacial score (nSPS) is 14.4. The predicted molar refractivity (Wildman–Crippen MR) is 167 cm³/mol. The smallest absolute Gasteiger partial charge is 0.417 e. The number of nitriles is 1. The van der Waals surface area contributed by atoms with Crippen LogP contribution in [0.5, 0.6) is 11.5 Å². The maximum Gasteiger partial charge on any atom is 0.417 e. The molecule has 1 aliphatic heterocycles. The van der Waals surface area contributed by atoms with Gasteiger partial charge < -0.3 is 14.2 Å². The number of amides is 2. The molecule has 3 aromatic carbocycles. The summed E-state index contributed by atoms with van der Waals surface area (Å²) in [6, 6.07) is 20.1. The Bertz CT molecular complexity index is 1940. The minimum atomic E-state index is -4.91. The largest absolute Gasteiger partial charge is 0.497 e. The summed E-state index contributed by atoms with van der Waals surface area (Å²) in [5.74, 6) is -1.90. The fourth-order valence-electron chi connectivity index (χ4n) is 4.86. The van der Waals surface area contributed by atoms with E-state index < -0.39 is 52.7 Å². The molecule has 1 aliphatic rings. The van der Waals surface area contributed by atoms with Gasteiger partial charge in [0.05, 0.1) is 53.1 Å². The van der Waals surface area contributed by atoms with Crippen LogP contribution >= 0.6 is 11.8 Å². The standard InChI is InChI=1S/C34H24F3N3O7S/c1-45-22-13-9-19(10-14-22)26-15-25(34(35,36)37)24(17-38)31(39-26)48-29-16-30(42)40(32(29)43)21-11-7-20(8-12-21)33(44)47-18-27(41)23-5-3-4-6-28(23)46-2/h3-15,29H,16,18H2,1-2H3. The van der Waals surface area contributed by atoms with Gasteiger partial charge in [-0.1, -0.05) is 23.9 Å². The molecule has 0 aliphatic carbocycles. The number of hydrogen-bond acceptors (Lipinski definition) is 10. The summed E-state index contributed by atoms with van der Waals surface area (Å²) in [5, 5.41) is 8.15. The van der Waals surface area contributed by atoms with Gasteiger partial charge in [-0.2, -0.15) is 18.4 Å². The SMILES string of the molecule is COc1ccc(-c2cc(C(F)(F)F)c(C#N)c(SC3CC(=O)N(c4ccc(C(=O)OCC(=O)c5ccccc5OC)cc4)C3=O)n2)cc1. The van der Waals surface area contributed by atoms with Gasteiger partial charge in [-0.05, 0) is 66.7 Å². The fraction of sp³-hybridized carbons (Fsp3) is 0.176. The van der Waals surface area contributed by atoms with Gasteiger partial charge in [-0.3, -0.25) is 14.4 Å². The molecule has 2 heterocycles. The van der Waals surface area contributed by atoms with E-state index in [0.29, 0.717) is 28.8 Å². The van der Waals surface area contributed by atoms with Gasteiger partial charge >= 0.3 is 12.1 Å². The van der Waals surface area contributed by atoms with Crippen LogP contribution in [0.2, 0.25) is 0 Å². The molecule has 2 amide bonds. The number of methoxy groups -OCH3 is 2. The zero-order valence-electron chi connectivity index (χ0n) is 25.2. The zero-order chi connectivity index (χ0) is 34.6. The van der Waals surface area contributed by atoms with Crippen molar-refractivity contribution in [2.75, 3.05) is 25.7 Å². The number of anilines is 1. The molecule has 0 bridgehead atoms. The molecule has 1 unspecified atom stereocenters. The Balaban J connectivity index is 1.33. The van der Waals surface area contributed by atoms with E-state index in [1.165, 1.54) is 56.7 Å². The van der Waals surface area contributed by atoms with Crippen molar-refractivity contribution in [1.29, 1.82) is 5.26 Å². The van der Waals surface area contributed by atoms with Crippen molar-refractivity contribution >= 4 is 41.0 Å². The molecular weight excluding hydrogens is 651 g/mol. The first-order valence-electron chi connectivity index (χ1n) is 14.1. The molecule has 1 saturated heterocycles. The molecule has 4 aromatic rings. The Kier molecular flexibility index (Phi) is 9.81. The second-order valence-corrected chi connectivity index (χ2v) is 11.4.